The minimum absolute atomic E-state index is 0.00959. The molecule has 0 radical (unpaired) electrons. The van der Waals surface area contributed by atoms with Crippen LogP contribution in [0.5, 0.6) is 0 Å². The monoisotopic (exact) mass is 392 g/mol. The minimum Gasteiger partial charge on any atom is -0.353 e. The normalized spacial score (nSPS) is 24.1. The first kappa shape index (κ1) is 19.6. The number of hydrogen-bond acceptors (Lipinski definition) is 3. The van der Waals surface area contributed by atoms with Crippen molar-refractivity contribution in [1.82, 2.24) is 10.2 Å². The zero-order valence-corrected chi connectivity index (χ0v) is 17.1. The molecule has 29 heavy (non-hydrogen) atoms. The number of nitrogens with zero attached hydrogens (tertiary/aromatic N) is 1. The average Bonchev–Trinajstić information content (AvgIpc) is 2.72. The molecule has 5 nitrogen and oxygen atoms in total. The lowest BCUT2D eigenvalue weighted by Crippen LogP contribution is -2.44. The molecule has 2 aromatic rings. The largest absolute Gasteiger partial charge is 0.353 e. The van der Waals surface area contributed by atoms with Gasteiger partial charge in [0.15, 0.2) is 0 Å². The van der Waals surface area contributed by atoms with Gasteiger partial charge in [-0.15, -0.1) is 0 Å². The van der Waals surface area contributed by atoms with Gasteiger partial charge in [-0.2, -0.15) is 0 Å². The van der Waals surface area contributed by atoms with E-state index in [0.717, 1.165) is 23.6 Å². The zero-order chi connectivity index (χ0) is 20.5. The molecular formula is C24H28N2O3. The Labute approximate surface area is 171 Å². The highest BCUT2D eigenvalue weighted by atomic mass is 16.2. The number of nitrogens with one attached hydrogen (secondary N) is 1. The fourth-order valence-electron chi connectivity index (χ4n) is 4.75. The lowest BCUT2D eigenvalue weighted by molar-refractivity contribution is -0.122. The number of hydrogen-bond donors (Lipinski definition) is 1. The second-order valence-corrected chi connectivity index (χ2v) is 8.52. The third-order valence-electron chi connectivity index (χ3n) is 6.69. The molecule has 3 atom stereocenters. The Hall–Kier alpha value is -2.69. The second-order valence-electron chi connectivity index (χ2n) is 8.52. The van der Waals surface area contributed by atoms with Gasteiger partial charge in [0.2, 0.25) is 5.91 Å². The molecule has 3 amide bonds. The molecule has 0 saturated heterocycles. The molecule has 2 aliphatic rings. The quantitative estimate of drug-likeness (QED) is 0.777. The van der Waals surface area contributed by atoms with Crippen molar-refractivity contribution in [3.05, 3.63) is 47.5 Å². The van der Waals surface area contributed by atoms with Crippen molar-refractivity contribution < 1.29 is 14.4 Å². The number of imide groups is 1. The standard InChI is InChI=1S/C24H28N2O3/c1-15-7-3-12-20(16(15)2)25-21(27)13-6-14-26-23(28)18-10-4-8-17-9-5-11-19(22(17)18)24(26)29/h4-5,8-11,15-16,20H,3,6-7,12-14H2,1-2H3,(H,25,27)/t15-,16+,20+/m1/s1. The molecule has 1 aliphatic heterocycles. The van der Waals surface area contributed by atoms with Crippen molar-refractivity contribution >= 4 is 28.5 Å². The van der Waals surface area contributed by atoms with Crippen molar-refractivity contribution in [2.45, 2.75) is 52.0 Å². The number of benzene rings is 2. The smallest absolute Gasteiger partial charge is 0.261 e. The maximum absolute atomic E-state index is 12.9. The van der Waals surface area contributed by atoms with Gasteiger partial charge < -0.3 is 5.32 Å². The van der Waals surface area contributed by atoms with E-state index < -0.39 is 0 Å². The predicted octanol–water partition coefficient (Wildman–Crippen LogP) is 4.16. The molecule has 1 N–H and O–H groups in total. The SMILES string of the molecule is C[C@H]1[C@H](C)CCC[C@@H]1NC(=O)CCCN1C(=O)c2cccc3cccc(c23)C1=O. The van der Waals surface area contributed by atoms with Crippen molar-refractivity contribution in [2.24, 2.45) is 11.8 Å². The van der Waals surface area contributed by atoms with Gasteiger partial charge in [0, 0.05) is 35.5 Å². The van der Waals surface area contributed by atoms with Gasteiger partial charge in [-0.05, 0) is 42.2 Å². The highest BCUT2D eigenvalue weighted by Crippen LogP contribution is 2.31. The van der Waals surface area contributed by atoms with E-state index in [1.54, 1.807) is 12.1 Å². The first-order valence-corrected chi connectivity index (χ1v) is 10.6. The molecule has 2 aromatic carbocycles. The van der Waals surface area contributed by atoms with Gasteiger partial charge in [0.25, 0.3) is 11.8 Å². The molecule has 0 aromatic heterocycles. The summed E-state index contributed by atoms with van der Waals surface area (Å²) in [7, 11) is 0. The Morgan fingerprint density at radius 1 is 1.03 bits per heavy atom. The average molecular weight is 392 g/mol. The fraction of sp³-hybridized carbons (Fsp3) is 0.458. The molecule has 0 unspecified atom stereocenters. The van der Waals surface area contributed by atoms with Crippen LogP contribution in [0.1, 0.15) is 66.7 Å². The molecule has 0 spiro atoms. The van der Waals surface area contributed by atoms with E-state index in [-0.39, 0.29) is 30.3 Å². The fourth-order valence-corrected chi connectivity index (χ4v) is 4.75. The van der Waals surface area contributed by atoms with Crippen LogP contribution in [0.15, 0.2) is 36.4 Å². The Kier molecular flexibility index (Phi) is 5.39. The molecule has 1 saturated carbocycles. The molecule has 5 heteroatoms. The summed E-state index contributed by atoms with van der Waals surface area (Å²) in [6.45, 7) is 4.71. The summed E-state index contributed by atoms with van der Waals surface area (Å²) < 4.78 is 0. The molecule has 1 heterocycles. The maximum Gasteiger partial charge on any atom is 0.261 e. The number of amides is 3. The van der Waals surface area contributed by atoms with Gasteiger partial charge in [0.1, 0.15) is 0 Å². The van der Waals surface area contributed by atoms with E-state index in [0.29, 0.717) is 35.8 Å². The van der Waals surface area contributed by atoms with E-state index in [4.69, 9.17) is 0 Å². The van der Waals surface area contributed by atoms with Crippen molar-refractivity contribution in [1.29, 1.82) is 0 Å². The summed E-state index contributed by atoms with van der Waals surface area (Å²) in [4.78, 5) is 39.5. The summed E-state index contributed by atoms with van der Waals surface area (Å²) in [5.41, 5.74) is 1.12. The van der Waals surface area contributed by atoms with Gasteiger partial charge in [-0.1, -0.05) is 51.0 Å². The summed E-state index contributed by atoms with van der Waals surface area (Å²) in [6.07, 6.45) is 4.19. The van der Waals surface area contributed by atoms with Crippen LogP contribution in [0, 0.1) is 11.8 Å². The Bertz CT molecular complexity index is 917. The van der Waals surface area contributed by atoms with Crippen molar-refractivity contribution in [3.8, 4) is 0 Å². The van der Waals surface area contributed by atoms with Crippen LogP contribution in [0.4, 0.5) is 0 Å². The summed E-state index contributed by atoms with van der Waals surface area (Å²) in [5.74, 6) is 0.578. The van der Waals surface area contributed by atoms with Crippen LogP contribution in [0.3, 0.4) is 0 Å². The molecule has 0 bridgehead atoms. The van der Waals surface area contributed by atoms with Gasteiger partial charge in [0.05, 0.1) is 0 Å². The first-order valence-electron chi connectivity index (χ1n) is 10.6. The van der Waals surface area contributed by atoms with Crippen LogP contribution in [-0.4, -0.2) is 35.2 Å². The van der Waals surface area contributed by atoms with E-state index in [2.05, 4.69) is 19.2 Å². The Morgan fingerprint density at radius 3 is 2.34 bits per heavy atom. The first-order chi connectivity index (χ1) is 14.0. The third kappa shape index (κ3) is 3.66. The lowest BCUT2D eigenvalue weighted by atomic mass is 9.78. The van der Waals surface area contributed by atoms with Crippen LogP contribution < -0.4 is 5.32 Å². The minimum atomic E-state index is -0.269. The molecule has 1 fully saturated rings. The molecular weight excluding hydrogens is 364 g/mol. The topological polar surface area (TPSA) is 66.5 Å². The molecule has 1 aliphatic carbocycles. The van der Waals surface area contributed by atoms with Gasteiger partial charge in [-0.3, -0.25) is 19.3 Å². The van der Waals surface area contributed by atoms with Gasteiger partial charge in [-0.25, -0.2) is 0 Å². The summed E-state index contributed by atoms with van der Waals surface area (Å²) in [6, 6.07) is 11.3. The summed E-state index contributed by atoms with van der Waals surface area (Å²) >= 11 is 0. The summed E-state index contributed by atoms with van der Waals surface area (Å²) in [5, 5.41) is 4.80. The molecule has 4 rings (SSSR count). The Morgan fingerprint density at radius 2 is 1.69 bits per heavy atom. The van der Waals surface area contributed by atoms with Crippen molar-refractivity contribution in [3.63, 3.8) is 0 Å². The zero-order valence-electron chi connectivity index (χ0n) is 17.1. The lowest BCUT2D eigenvalue weighted by Gasteiger charge is -2.34. The number of rotatable bonds is 5. The third-order valence-corrected chi connectivity index (χ3v) is 6.69. The van der Waals surface area contributed by atoms with E-state index >= 15 is 0 Å². The van der Waals surface area contributed by atoms with Crippen molar-refractivity contribution in [2.75, 3.05) is 6.54 Å². The Balaban J connectivity index is 1.39. The highest BCUT2D eigenvalue weighted by Gasteiger charge is 2.32. The highest BCUT2D eigenvalue weighted by molar-refractivity contribution is 6.25. The van der Waals surface area contributed by atoms with Gasteiger partial charge >= 0.3 is 0 Å². The van der Waals surface area contributed by atoms with Crippen LogP contribution in [0.25, 0.3) is 10.8 Å². The molecule has 152 valence electrons. The predicted molar refractivity (Wildman–Crippen MR) is 113 cm³/mol. The van der Waals surface area contributed by atoms with Crippen LogP contribution in [-0.2, 0) is 4.79 Å². The van der Waals surface area contributed by atoms with E-state index in [9.17, 15) is 14.4 Å². The second kappa shape index (κ2) is 7.97. The van der Waals surface area contributed by atoms with E-state index in [1.807, 2.05) is 24.3 Å². The van der Waals surface area contributed by atoms with Crippen LogP contribution in [0.2, 0.25) is 0 Å². The number of carbonyl (C=O) groups is 3. The van der Waals surface area contributed by atoms with Crippen LogP contribution >= 0.6 is 0 Å². The van der Waals surface area contributed by atoms with E-state index in [1.165, 1.54) is 11.3 Å². The number of carbonyl (C=O) groups excluding carboxylic acids is 3. The maximum atomic E-state index is 12.9.